The average molecular weight is 316 g/mol. The summed E-state index contributed by atoms with van der Waals surface area (Å²) in [6, 6.07) is 4.50. The Morgan fingerprint density at radius 2 is 2.05 bits per heavy atom. The number of carbonyl (C=O) groups excluding carboxylic acids is 1. The number of ether oxygens (including phenoxy) is 1. The summed E-state index contributed by atoms with van der Waals surface area (Å²) in [7, 11) is 1.83. The number of nitrogens with zero attached hydrogens (tertiary/aromatic N) is 1. The molecule has 2 rings (SSSR count). The molecule has 4 nitrogen and oxygen atoms in total. The van der Waals surface area contributed by atoms with Gasteiger partial charge < -0.3 is 15.0 Å². The molecule has 1 aromatic carbocycles. The first-order chi connectivity index (χ1) is 10.4. The van der Waals surface area contributed by atoms with E-state index in [9.17, 15) is 18.0 Å². The van der Waals surface area contributed by atoms with Crippen LogP contribution in [0.3, 0.4) is 0 Å². The lowest BCUT2D eigenvalue weighted by Crippen LogP contribution is -2.43. The van der Waals surface area contributed by atoms with E-state index in [0.29, 0.717) is 6.54 Å². The van der Waals surface area contributed by atoms with Gasteiger partial charge in [0.1, 0.15) is 5.75 Å². The van der Waals surface area contributed by atoms with Crippen LogP contribution in [0.5, 0.6) is 5.75 Å². The van der Waals surface area contributed by atoms with Gasteiger partial charge in [-0.05, 0) is 44.2 Å². The van der Waals surface area contributed by atoms with Gasteiger partial charge in [-0.1, -0.05) is 0 Å². The van der Waals surface area contributed by atoms with Crippen molar-refractivity contribution >= 4 is 5.91 Å². The van der Waals surface area contributed by atoms with E-state index in [-0.39, 0.29) is 24.3 Å². The lowest BCUT2D eigenvalue weighted by atomic mass is 10.2. The first-order valence-electron chi connectivity index (χ1n) is 7.16. The third kappa shape index (κ3) is 4.13. The van der Waals surface area contributed by atoms with E-state index in [1.54, 1.807) is 4.90 Å². The highest BCUT2D eigenvalue weighted by atomic mass is 19.4. The molecule has 1 fully saturated rings. The third-order valence-electron chi connectivity index (χ3n) is 3.68. The minimum absolute atomic E-state index is 0.141. The number of likely N-dealkylation sites (tertiary alicyclic amines) is 1. The van der Waals surface area contributed by atoms with E-state index >= 15 is 0 Å². The molecule has 1 heterocycles. The van der Waals surface area contributed by atoms with Crippen LogP contribution in [0, 0.1) is 0 Å². The predicted octanol–water partition coefficient (Wildman–Crippen LogP) is 2.29. The molecule has 122 valence electrons. The van der Waals surface area contributed by atoms with Crippen molar-refractivity contribution in [2.75, 3.05) is 26.7 Å². The Labute approximate surface area is 127 Å². The second kappa shape index (κ2) is 7.00. The van der Waals surface area contributed by atoms with Crippen molar-refractivity contribution in [3.63, 3.8) is 0 Å². The summed E-state index contributed by atoms with van der Waals surface area (Å²) < 4.78 is 42.6. The second-order valence-electron chi connectivity index (χ2n) is 5.25. The van der Waals surface area contributed by atoms with E-state index in [1.807, 2.05) is 7.05 Å². The Kier molecular flexibility index (Phi) is 5.28. The van der Waals surface area contributed by atoms with Crippen molar-refractivity contribution in [2.24, 2.45) is 0 Å². The Balaban J connectivity index is 1.88. The van der Waals surface area contributed by atoms with Gasteiger partial charge in [-0.25, -0.2) is 0 Å². The zero-order valence-corrected chi connectivity index (χ0v) is 12.3. The van der Waals surface area contributed by atoms with Gasteiger partial charge in [0.05, 0.1) is 5.56 Å². The zero-order chi connectivity index (χ0) is 16.2. The van der Waals surface area contributed by atoms with Gasteiger partial charge in [0.15, 0.2) is 6.61 Å². The minimum atomic E-state index is -4.37. The van der Waals surface area contributed by atoms with Gasteiger partial charge in [0.25, 0.3) is 5.91 Å². The molecule has 0 saturated carbocycles. The summed E-state index contributed by atoms with van der Waals surface area (Å²) in [6.45, 7) is 1.26. The third-order valence-corrected chi connectivity index (χ3v) is 3.68. The normalized spacial score (nSPS) is 18.5. The Hall–Kier alpha value is -1.76. The highest BCUT2D eigenvalue weighted by molar-refractivity contribution is 5.78. The number of amides is 1. The molecule has 22 heavy (non-hydrogen) atoms. The molecule has 1 amide bonds. The molecular weight excluding hydrogens is 297 g/mol. The largest absolute Gasteiger partial charge is 0.484 e. The number of hydrogen-bond acceptors (Lipinski definition) is 3. The highest BCUT2D eigenvalue weighted by Crippen LogP contribution is 2.30. The van der Waals surface area contributed by atoms with Crippen LogP contribution in [0.1, 0.15) is 18.4 Å². The van der Waals surface area contributed by atoms with Crippen LogP contribution in [0.25, 0.3) is 0 Å². The monoisotopic (exact) mass is 316 g/mol. The molecule has 0 aromatic heterocycles. The molecule has 1 N–H and O–H groups in total. The standard InChI is InChI=1S/C15H19F3N2O2/c1-19-9-12-3-2-8-20(12)14(21)10-22-13-6-4-11(5-7-13)15(16,17)18/h4-7,12,19H,2-3,8-10H2,1H3/t12-/m0/s1. The van der Waals surface area contributed by atoms with Gasteiger partial charge in [-0.15, -0.1) is 0 Å². The van der Waals surface area contributed by atoms with Gasteiger partial charge >= 0.3 is 6.18 Å². The maximum absolute atomic E-state index is 12.4. The van der Waals surface area contributed by atoms with Crippen LogP contribution >= 0.6 is 0 Å². The van der Waals surface area contributed by atoms with Crippen LogP contribution in [0.15, 0.2) is 24.3 Å². The van der Waals surface area contributed by atoms with Gasteiger partial charge in [-0.3, -0.25) is 4.79 Å². The quantitative estimate of drug-likeness (QED) is 0.906. The zero-order valence-electron chi connectivity index (χ0n) is 12.3. The molecule has 0 bridgehead atoms. The molecule has 7 heteroatoms. The maximum atomic E-state index is 12.4. The Morgan fingerprint density at radius 3 is 2.64 bits per heavy atom. The molecule has 1 aliphatic rings. The van der Waals surface area contributed by atoms with E-state index in [4.69, 9.17) is 4.74 Å². The summed E-state index contributed by atoms with van der Waals surface area (Å²) in [6.07, 6.45) is -2.46. The van der Waals surface area contributed by atoms with E-state index in [0.717, 1.165) is 31.5 Å². The molecule has 0 spiro atoms. The molecule has 0 aliphatic carbocycles. The first-order valence-corrected chi connectivity index (χ1v) is 7.16. The van der Waals surface area contributed by atoms with Crippen LogP contribution < -0.4 is 10.1 Å². The Morgan fingerprint density at radius 1 is 1.36 bits per heavy atom. The number of carbonyl (C=O) groups is 1. The van der Waals surface area contributed by atoms with Crippen molar-refractivity contribution < 1.29 is 22.7 Å². The molecule has 1 atom stereocenters. The summed E-state index contributed by atoms with van der Waals surface area (Å²) in [5.74, 6) is 0.114. The van der Waals surface area contributed by atoms with Gasteiger partial charge in [-0.2, -0.15) is 13.2 Å². The van der Waals surface area contributed by atoms with Gasteiger partial charge in [0.2, 0.25) is 0 Å². The number of alkyl halides is 3. The smallest absolute Gasteiger partial charge is 0.416 e. The van der Waals surface area contributed by atoms with Crippen LogP contribution in [-0.4, -0.2) is 43.6 Å². The fraction of sp³-hybridized carbons (Fsp3) is 0.533. The number of likely N-dealkylation sites (N-methyl/N-ethyl adjacent to an activating group) is 1. The van der Waals surface area contributed by atoms with Crippen molar-refractivity contribution in [1.82, 2.24) is 10.2 Å². The molecule has 1 aliphatic heterocycles. The fourth-order valence-electron chi connectivity index (χ4n) is 2.58. The van der Waals surface area contributed by atoms with E-state index < -0.39 is 11.7 Å². The van der Waals surface area contributed by atoms with Crippen molar-refractivity contribution in [3.8, 4) is 5.75 Å². The first kappa shape index (κ1) is 16.6. The van der Waals surface area contributed by atoms with Crippen LogP contribution in [0.4, 0.5) is 13.2 Å². The SMILES string of the molecule is CNC[C@@H]1CCCN1C(=O)COc1ccc(C(F)(F)F)cc1. The predicted molar refractivity (Wildman–Crippen MR) is 75.6 cm³/mol. The van der Waals surface area contributed by atoms with Crippen LogP contribution in [0.2, 0.25) is 0 Å². The highest BCUT2D eigenvalue weighted by Gasteiger charge is 2.30. The molecule has 1 aromatic rings. The maximum Gasteiger partial charge on any atom is 0.416 e. The second-order valence-corrected chi connectivity index (χ2v) is 5.25. The number of halogens is 3. The van der Waals surface area contributed by atoms with Crippen molar-refractivity contribution in [3.05, 3.63) is 29.8 Å². The number of benzene rings is 1. The van der Waals surface area contributed by atoms with Gasteiger partial charge in [0, 0.05) is 19.1 Å². The fourth-order valence-corrected chi connectivity index (χ4v) is 2.58. The number of nitrogens with one attached hydrogen (secondary N) is 1. The average Bonchev–Trinajstić information content (AvgIpc) is 2.93. The topological polar surface area (TPSA) is 41.6 Å². The van der Waals surface area contributed by atoms with Crippen molar-refractivity contribution in [2.45, 2.75) is 25.1 Å². The molecule has 1 saturated heterocycles. The summed E-state index contributed by atoms with van der Waals surface area (Å²) in [5.41, 5.74) is -0.736. The van der Waals surface area contributed by atoms with E-state index in [2.05, 4.69) is 5.32 Å². The minimum Gasteiger partial charge on any atom is -0.484 e. The molecular formula is C15H19F3N2O2. The van der Waals surface area contributed by atoms with Crippen molar-refractivity contribution in [1.29, 1.82) is 0 Å². The molecule has 0 unspecified atom stereocenters. The molecule has 0 radical (unpaired) electrons. The summed E-state index contributed by atoms with van der Waals surface area (Å²) in [4.78, 5) is 13.9. The summed E-state index contributed by atoms with van der Waals surface area (Å²) >= 11 is 0. The number of rotatable bonds is 5. The lowest BCUT2D eigenvalue weighted by molar-refractivity contribution is -0.138. The van der Waals surface area contributed by atoms with E-state index in [1.165, 1.54) is 12.1 Å². The number of hydrogen-bond donors (Lipinski definition) is 1. The lowest BCUT2D eigenvalue weighted by Gasteiger charge is -2.24. The Bertz CT molecular complexity index is 503. The summed E-state index contributed by atoms with van der Waals surface area (Å²) in [5, 5.41) is 3.05. The van der Waals surface area contributed by atoms with Crippen LogP contribution in [-0.2, 0) is 11.0 Å².